The van der Waals surface area contributed by atoms with Crippen molar-refractivity contribution in [1.82, 2.24) is 15.0 Å². The zero-order valence-electron chi connectivity index (χ0n) is 13.0. The second-order valence-corrected chi connectivity index (χ2v) is 5.46. The van der Waals surface area contributed by atoms with Crippen molar-refractivity contribution in [1.29, 1.82) is 0 Å². The first-order valence-corrected chi connectivity index (χ1v) is 7.64. The minimum Gasteiger partial charge on any atom is -0.386 e. The summed E-state index contributed by atoms with van der Waals surface area (Å²) in [4.78, 5) is 21.2. The summed E-state index contributed by atoms with van der Waals surface area (Å²) in [5.41, 5.74) is 9.18. The van der Waals surface area contributed by atoms with Crippen molar-refractivity contribution in [3.63, 3.8) is 0 Å². The third-order valence-electron chi connectivity index (χ3n) is 3.40. The van der Waals surface area contributed by atoms with Crippen LogP contribution in [0.15, 0.2) is 58.9 Å². The lowest BCUT2D eigenvalue weighted by Gasteiger charge is -2.12. The molecule has 3 aromatic heterocycles. The maximum Gasteiger partial charge on any atom is 0.129 e. The van der Waals surface area contributed by atoms with Gasteiger partial charge in [-0.15, -0.1) is 0 Å². The summed E-state index contributed by atoms with van der Waals surface area (Å²) in [5.74, 6) is 0.0877. The lowest BCUT2D eigenvalue weighted by atomic mass is 10.0. The number of rotatable bonds is 4. The van der Waals surface area contributed by atoms with E-state index in [2.05, 4.69) is 24.9 Å². The Kier molecular flexibility index (Phi) is 4.77. The highest BCUT2D eigenvalue weighted by molar-refractivity contribution is 6.29. The summed E-state index contributed by atoms with van der Waals surface area (Å²) >= 11 is 5.96. The smallest absolute Gasteiger partial charge is 0.129 e. The monoisotopic (exact) mass is 338 g/mol. The normalized spacial score (nSPS) is 13.5. The number of fused-ring (bicyclic) bond motifs is 1. The molecule has 1 unspecified atom stereocenters. The predicted molar refractivity (Wildman–Crippen MR) is 97.2 cm³/mol. The van der Waals surface area contributed by atoms with Crippen molar-refractivity contribution < 1.29 is 0 Å². The molecule has 0 aliphatic rings. The van der Waals surface area contributed by atoms with Crippen LogP contribution < -0.4 is 5.73 Å². The number of nitrogens with zero attached hydrogens (tertiary/aromatic N) is 5. The van der Waals surface area contributed by atoms with Crippen LogP contribution in [0, 0.1) is 0 Å². The summed E-state index contributed by atoms with van der Waals surface area (Å²) < 4.78 is 0. The van der Waals surface area contributed by atoms with Crippen LogP contribution in [0.5, 0.6) is 0 Å². The molecule has 0 radical (unpaired) electrons. The molecular weight excluding hydrogens is 324 g/mol. The van der Waals surface area contributed by atoms with Crippen LogP contribution in [0.2, 0.25) is 5.15 Å². The van der Waals surface area contributed by atoms with Crippen molar-refractivity contribution in [3.8, 4) is 0 Å². The molecule has 0 spiro atoms. The lowest BCUT2D eigenvalue weighted by molar-refractivity contribution is 1.14. The molecule has 24 heavy (non-hydrogen) atoms. The lowest BCUT2D eigenvalue weighted by Crippen LogP contribution is -2.23. The standard InChI is InChI=1S/C17H15ClN6/c1-20-10-13(17(19)23-12-3-2-6-21-9-12)11-7-15-14(22-8-11)4-5-16(18)24-15/h2-10,13H,1H3,(H2,19,23). The Balaban J connectivity index is 2.03. The highest BCUT2D eigenvalue weighted by Gasteiger charge is 2.15. The number of halogens is 1. The molecule has 3 aromatic rings. The molecule has 0 aliphatic heterocycles. The zero-order valence-corrected chi connectivity index (χ0v) is 13.7. The van der Waals surface area contributed by atoms with E-state index in [9.17, 15) is 0 Å². The van der Waals surface area contributed by atoms with Gasteiger partial charge in [0, 0.05) is 25.7 Å². The Morgan fingerprint density at radius 2 is 2.12 bits per heavy atom. The predicted octanol–water partition coefficient (Wildman–Crippen LogP) is 3.15. The van der Waals surface area contributed by atoms with Gasteiger partial charge in [0.05, 0.1) is 28.8 Å². The van der Waals surface area contributed by atoms with Gasteiger partial charge in [0.15, 0.2) is 0 Å². The van der Waals surface area contributed by atoms with Gasteiger partial charge in [-0.2, -0.15) is 0 Å². The average molecular weight is 339 g/mol. The van der Waals surface area contributed by atoms with Crippen LogP contribution in [0.25, 0.3) is 11.0 Å². The van der Waals surface area contributed by atoms with Crippen LogP contribution >= 0.6 is 11.6 Å². The van der Waals surface area contributed by atoms with Crippen molar-refractivity contribution in [2.75, 3.05) is 7.05 Å². The zero-order chi connectivity index (χ0) is 16.9. The first-order valence-electron chi connectivity index (χ1n) is 7.26. The number of hydrogen-bond acceptors (Lipinski definition) is 5. The third-order valence-corrected chi connectivity index (χ3v) is 3.62. The Morgan fingerprint density at radius 3 is 2.88 bits per heavy atom. The molecule has 0 aliphatic carbocycles. The van der Waals surface area contributed by atoms with Gasteiger partial charge in [-0.25, -0.2) is 9.98 Å². The molecule has 0 bridgehead atoms. The molecule has 6 nitrogen and oxygen atoms in total. The third kappa shape index (κ3) is 3.55. The van der Waals surface area contributed by atoms with E-state index in [0.29, 0.717) is 22.2 Å². The van der Waals surface area contributed by atoms with E-state index >= 15 is 0 Å². The Hall–Kier alpha value is -2.86. The van der Waals surface area contributed by atoms with Crippen LogP contribution in [0.3, 0.4) is 0 Å². The molecule has 0 fully saturated rings. The van der Waals surface area contributed by atoms with E-state index < -0.39 is 0 Å². The fraction of sp³-hybridized carbons (Fsp3) is 0.118. The van der Waals surface area contributed by atoms with Gasteiger partial charge < -0.3 is 5.73 Å². The SMILES string of the molecule is CN=CC(C(N)=Nc1cccnc1)c1cnc2ccc(Cl)nc2c1. The van der Waals surface area contributed by atoms with E-state index in [1.165, 1.54) is 0 Å². The van der Waals surface area contributed by atoms with Crippen molar-refractivity contribution >= 4 is 40.4 Å². The van der Waals surface area contributed by atoms with E-state index in [0.717, 1.165) is 11.1 Å². The van der Waals surface area contributed by atoms with Crippen molar-refractivity contribution in [2.24, 2.45) is 15.7 Å². The largest absolute Gasteiger partial charge is 0.386 e. The van der Waals surface area contributed by atoms with Crippen LogP contribution in [-0.2, 0) is 0 Å². The number of amidine groups is 1. The van der Waals surface area contributed by atoms with Crippen LogP contribution in [0.1, 0.15) is 11.5 Å². The maximum atomic E-state index is 6.20. The fourth-order valence-corrected chi connectivity index (χ4v) is 2.44. The van der Waals surface area contributed by atoms with E-state index in [1.54, 1.807) is 44.0 Å². The molecule has 1 atom stereocenters. The van der Waals surface area contributed by atoms with Gasteiger partial charge in [0.25, 0.3) is 0 Å². The Bertz CT molecular complexity index is 907. The number of aliphatic imine (C=N–C) groups is 2. The molecule has 0 saturated carbocycles. The number of nitrogens with two attached hydrogens (primary N) is 1. The fourth-order valence-electron chi connectivity index (χ4n) is 2.29. The van der Waals surface area contributed by atoms with Crippen LogP contribution in [-0.4, -0.2) is 34.0 Å². The first-order chi connectivity index (χ1) is 11.7. The summed E-state index contributed by atoms with van der Waals surface area (Å²) in [6.07, 6.45) is 6.80. The van der Waals surface area contributed by atoms with Gasteiger partial charge >= 0.3 is 0 Å². The maximum absolute atomic E-state index is 6.20. The molecule has 3 heterocycles. The van der Waals surface area contributed by atoms with Crippen molar-refractivity contribution in [2.45, 2.75) is 5.92 Å². The van der Waals surface area contributed by atoms with Crippen LogP contribution in [0.4, 0.5) is 5.69 Å². The molecular formula is C17H15ClN6. The Labute approximate surface area is 144 Å². The summed E-state index contributed by atoms with van der Waals surface area (Å²) in [7, 11) is 1.69. The second kappa shape index (κ2) is 7.14. The van der Waals surface area contributed by atoms with Gasteiger partial charge in [0.2, 0.25) is 0 Å². The average Bonchev–Trinajstić information content (AvgIpc) is 2.59. The molecule has 0 aromatic carbocycles. The minimum absolute atomic E-state index is 0.312. The second-order valence-electron chi connectivity index (χ2n) is 5.07. The van der Waals surface area contributed by atoms with E-state index in [4.69, 9.17) is 17.3 Å². The van der Waals surface area contributed by atoms with E-state index in [-0.39, 0.29) is 5.92 Å². The quantitative estimate of drug-likeness (QED) is 0.449. The summed E-state index contributed by atoms with van der Waals surface area (Å²) in [5, 5.41) is 0.416. The molecule has 3 rings (SSSR count). The molecule has 0 saturated heterocycles. The van der Waals surface area contributed by atoms with Gasteiger partial charge in [-0.1, -0.05) is 11.6 Å². The van der Waals surface area contributed by atoms with Gasteiger partial charge in [0.1, 0.15) is 11.0 Å². The van der Waals surface area contributed by atoms with Gasteiger partial charge in [-0.3, -0.25) is 15.0 Å². The minimum atomic E-state index is -0.312. The highest BCUT2D eigenvalue weighted by atomic mass is 35.5. The number of pyridine rings is 3. The van der Waals surface area contributed by atoms with E-state index in [1.807, 2.05) is 18.2 Å². The summed E-state index contributed by atoms with van der Waals surface area (Å²) in [6, 6.07) is 9.06. The van der Waals surface area contributed by atoms with Gasteiger partial charge in [-0.05, 0) is 35.9 Å². The number of aromatic nitrogens is 3. The molecule has 0 amide bonds. The first kappa shape index (κ1) is 16.0. The summed E-state index contributed by atoms with van der Waals surface area (Å²) in [6.45, 7) is 0. The number of hydrogen-bond donors (Lipinski definition) is 1. The van der Waals surface area contributed by atoms with Crippen molar-refractivity contribution in [3.05, 3.63) is 59.6 Å². The molecule has 120 valence electrons. The Morgan fingerprint density at radius 1 is 1.25 bits per heavy atom. The molecule has 7 heteroatoms. The molecule has 2 N–H and O–H groups in total. The topological polar surface area (TPSA) is 89.4 Å². The highest BCUT2D eigenvalue weighted by Crippen LogP contribution is 2.21.